The van der Waals surface area contributed by atoms with E-state index >= 15 is 0 Å². The summed E-state index contributed by atoms with van der Waals surface area (Å²) in [6.07, 6.45) is 1.07. The summed E-state index contributed by atoms with van der Waals surface area (Å²) in [5, 5.41) is 0. The monoisotopic (exact) mass is 227 g/mol. The third-order valence-electron chi connectivity index (χ3n) is 1.90. The Hall–Kier alpha value is -0.340. The minimum absolute atomic E-state index is 0.575. The molecule has 0 heterocycles. The summed E-state index contributed by atoms with van der Waals surface area (Å²) in [6.45, 7) is 2.93. The molecule has 0 radical (unpaired) electrons. The highest BCUT2D eigenvalue weighted by Crippen LogP contribution is 2.13. The van der Waals surface area contributed by atoms with Crippen molar-refractivity contribution in [2.24, 2.45) is 11.7 Å². The van der Waals surface area contributed by atoms with E-state index in [-0.39, 0.29) is 0 Å². The highest BCUT2D eigenvalue weighted by Gasteiger charge is 2.00. The normalized spacial score (nSPS) is 12.9. The smallest absolute Gasteiger partial charge is 0.0175 e. The van der Waals surface area contributed by atoms with Gasteiger partial charge in [0, 0.05) is 4.47 Å². The molecule has 1 rings (SSSR count). The predicted molar refractivity (Wildman–Crippen MR) is 56.1 cm³/mol. The van der Waals surface area contributed by atoms with Crippen molar-refractivity contribution in [2.75, 3.05) is 6.54 Å². The molecule has 0 aliphatic carbocycles. The van der Waals surface area contributed by atoms with E-state index in [4.69, 9.17) is 5.73 Å². The lowest BCUT2D eigenvalue weighted by atomic mass is 10.0. The third kappa shape index (κ3) is 2.95. The number of halogens is 1. The van der Waals surface area contributed by atoms with E-state index in [1.807, 2.05) is 0 Å². The SMILES string of the molecule is C[C@@H](CN)Cc1ccc(Br)cc1. The van der Waals surface area contributed by atoms with Crippen molar-refractivity contribution in [3.8, 4) is 0 Å². The van der Waals surface area contributed by atoms with Crippen LogP contribution in [0.4, 0.5) is 0 Å². The highest BCUT2D eigenvalue weighted by molar-refractivity contribution is 9.10. The first-order valence-electron chi connectivity index (χ1n) is 4.17. The molecule has 0 aromatic heterocycles. The average molecular weight is 228 g/mol. The molecule has 66 valence electrons. The van der Waals surface area contributed by atoms with Crippen LogP contribution in [-0.2, 0) is 6.42 Å². The molecule has 0 amide bonds. The Morgan fingerprint density at radius 1 is 1.33 bits per heavy atom. The molecule has 2 heteroatoms. The van der Waals surface area contributed by atoms with Gasteiger partial charge in [0.05, 0.1) is 0 Å². The summed E-state index contributed by atoms with van der Waals surface area (Å²) < 4.78 is 1.13. The topological polar surface area (TPSA) is 26.0 Å². The Labute approximate surface area is 82.1 Å². The van der Waals surface area contributed by atoms with Gasteiger partial charge in [-0.2, -0.15) is 0 Å². The van der Waals surface area contributed by atoms with Crippen LogP contribution >= 0.6 is 15.9 Å². The Balaban J connectivity index is 2.58. The van der Waals surface area contributed by atoms with Gasteiger partial charge in [-0.15, -0.1) is 0 Å². The fraction of sp³-hybridized carbons (Fsp3) is 0.400. The molecule has 12 heavy (non-hydrogen) atoms. The standard InChI is InChI=1S/C10H14BrN/c1-8(7-12)6-9-2-4-10(11)5-3-9/h2-5,8H,6-7,12H2,1H3/t8-/m1/s1. The van der Waals surface area contributed by atoms with Crippen molar-refractivity contribution in [1.29, 1.82) is 0 Å². The first-order chi connectivity index (χ1) is 5.72. The maximum Gasteiger partial charge on any atom is 0.0175 e. The molecular weight excluding hydrogens is 214 g/mol. The summed E-state index contributed by atoms with van der Waals surface area (Å²) in [6, 6.07) is 8.41. The van der Waals surface area contributed by atoms with E-state index in [0.29, 0.717) is 5.92 Å². The van der Waals surface area contributed by atoms with Crippen LogP contribution in [0.15, 0.2) is 28.7 Å². The number of hydrogen-bond donors (Lipinski definition) is 1. The second kappa shape index (κ2) is 4.63. The lowest BCUT2D eigenvalue weighted by Crippen LogP contribution is -2.12. The van der Waals surface area contributed by atoms with Crippen molar-refractivity contribution in [3.63, 3.8) is 0 Å². The molecule has 0 aliphatic rings. The second-order valence-corrected chi connectivity index (χ2v) is 4.09. The quantitative estimate of drug-likeness (QED) is 0.845. The van der Waals surface area contributed by atoms with Gasteiger partial charge in [-0.25, -0.2) is 0 Å². The molecule has 0 saturated carbocycles. The largest absolute Gasteiger partial charge is 0.330 e. The molecule has 0 unspecified atom stereocenters. The van der Waals surface area contributed by atoms with E-state index in [9.17, 15) is 0 Å². The van der Waals surface area contributed by atoms with Crippen LogP contribution in [-0.4, -0.2) is 6.54 Å². The van der Waals surface area contributed by atoms with Gasteiger partial charge in [0.2, 0.25) is 0 Å². The van der Waals surface area contributed by atoms with Crippen LogP contribution in [0.3, 0.4) is 0 Å². The van der Waals surface area contributed by atoms with Crippen molar-refractivity contribution >= 4 is 15.9 Å². The minimum atomic E-state index is 0.575. The van der Waals surface area contributed by atoms with Crippen LogP contribution in [0, 0.1) is 5.92 Å². The zero-order valence-corrected chi connectivity index (χ0v) is 8.84. The van der Waals surface area contributed by atoms with Gasteiger partial charge < -0.3 is 5.73 Å². The van der Waals surface area contributed by atoms with Crippen molar-refractivity contribution < 1.29 is 0 Å². The highest BCUT2D eigenvalue weighted by atomic mass is 79.9. The molecule has 0 saturated heterocycles. The van der Waals surface area contributed by atoms with Gasteiger partial charge in [-0.3, -0.25) is 0 Å². The van der Waals surface area contributed by atoms with Gasteiger partial charge in [0.15, 0.2) is 0 Å². The molecule has 1 nitrogen and oxygen atoms in total. The van der Waals surface area contributed by atoms with Gasteiger partial charge in [-0.1, -0.05) is 35.0 Å². The lowest BCUT2D eigenvalue weighted by Gasteiger charge is -2.07. The van der Waals surface area contributed by atoms with Gasteiger partial charge in [0.25, 0.3) is 0 Å². The number of rotatable bonds is 3. The van der Waals surface area contributed by atoms with Crippen molar-refractivity contribution in [3.05, 3.63) is 34.3 Å². The van der Waals surface area contributed by atoms with Gasteiger partial charge >= 0.3 is 0 Å². The van der Waals surface area contributed by atoms with E-state index in [1.165, 1.54) is 5.56 Å². The predicted octanol–water partition coefficient (Wildman–Crippen LogP) is 2.59. The third-order valence-corrected chi connectivity index (χ3v) is 2.43. The molecular formula is C10H14BrN. The Morgan fingerprint density at radius 3 is 2.42 bits per heavy atom. The zero-order chi connectivity index (χ0) is 8.97. The summed E-state index contributed by atoms with van der Waals surface area (Å²) in [5.41, 5.74) is 6.90. The van der Waals surface area contributed by atoms with Crippen LogP contribution in [0.25, 0.3) is 0 Å². The summed E-state index contributed by atoms with van der Waals surface area (Å²) in [5.74, 6) is 0.575. The summed E-state index contributed by atoms with van der Waals surface area (Å²) in [4.78, 5) is 0. The first kappa shape index (κ1) is 9.75. The van der Waals surface area contributed by atoms with Gasteiger partial charge in [-0.05, 0) is 36.6 Å². The molecule has 0 bridgehead atoms. The molecule has 1 atom stereocenters. The molecule has 0 fully saturated rings. The van der Waals surface area contributed by atoms with Gasteiger partial charge in [0.1, 0.15) is 0 Å². The van der Waals surface area contributed by atoms with Crippen LogP contribution in [0.1, 0.15) is 12.5 Å². The summed E-state index contributed by atoms with van der Waals surface area (Å²) in [7, 11) is 0. The van der Waals surface area contributed by atoms with Crippen molar-refractivity contribution in [1.82, 2.24) is 0 Å². The van der Waals surface area contributed by atoms with E-state index in [1.54, 1.807) is 0 Å². The minimum Gasteiger partial charge on any atom is -0.330 e. The maximum absolute atomic E-state index is 5.54. The number of benzene rings is 1. The van der Waals surface area contributed by atoms with Crippen LogP contribution in [0.2, 0.25) is 0 Å². The fourth-order valence-electron chi connectivity index (χ4n) is 1.11. The maximum atomic E-state index is 5.54. The van der Waals surface area contributed by atoms with E-state index in [0.717, 1.165) is 17.4 Å². The lowest BCUT2D eigenvalue weighted by molar-refractivity contribution is 0.593. The van der Waals surface area contributed by atoms with Crippen LogP contribution in [0.5, 0.6) is 0 Å². The van der Waals surface area contributed by atoms with E-state index in [2.05, 4.69) is 47.1 Å². The Bertz CT molecular complexity index is 230. The molecule has 2 N–H and O–H groups in total. The summed E-state index contributed by atoms with van der Waals surface area (Å²) >= 11 is 3.40. The first-order valence-corrected chi connectivity index (χ1v) is 4.96. The molecule has 0 aliphatic heterocycles. The number of hydrogen-bond acceptors (Lipinski definition) is 1. The van der Waals surface area contributed by atoms with Crippen LogP contribution < -0.4 is 5.73 Å². The van der Waals surface area contributed by atoms with Crippen molar-refractivity contribution in [2.45, 2.75) is 13.3 Å². The number of nitrogens with two attached hydrogens (primary N) is 1. The van der Waals surface area contributed by atoms with E-state index < -0.39 is 0 Å². The fourth-order valence-corrected chi connectivity index (χ4v) is 1.37. The Morgan fingerprint density at radius 2 is 1.92 bits per heavy atom. The zero-order valence-electron chi connectivity index (χ0n) is 7.26. The molecule has 1 aromatic carbocycles. The Kier molecular flexibility index (Phi) is 3.76. The molecule has 0 spiro atoms. The average Bonchev–Trinajstić information content (AvgIpc) is 2.09. The second-order valence-electron chi connectivity index (χ2n) is 3.17. The molecule has 1 aromatic rings.